The fourth-order valence-electron chi connectivity index (χ4n) is 2.17. The van der Waals surface area contributed by atoms with E-state index in [0.717, 1.165) is 5.56 Å². The van der Waals surface area contributed by atoms with Gasteiger partial charge in [0, 0.05) is 18.6 Å². The van der Waals surface area contributed by atoms with Crippen LogP contribution in [0.5, 0.6) is 5.75 Å². The number of halogens is 2. The molecule has 3 nitrogen and oxygen atoms in total. The maximum Gasteiger partial charge on any atom is 0.263 e. The molecule has 122 valence electrons. The molecule has 2 rings (SSSR count). The molecule has 0 aliphatic rings. The first-order valence-electron chi connectivity index (χ1n) is 7.41. The molecule has 0 bridgehead atoms. The molecule has 5 heteroatoms. The van der Waals surface area contributed by atoms with E-state index in [4.69, 9.17) is 16.3 Å². The van der Waals surface area contributed by atoms with Gasteiger partial charge < -0.3 is 9.64 Å². The summed E-state index contributed by atoms with van der Waals surface area (Å²) >= 11 is 5.86. The number of carbonyl (C=O) groups is 1. The van der Waals surface area contributed by atoms with Crippen LogP contribution < -0.4 is 4.74 Å². The van der Waals surface area contributed by atoms with E-state index >= 15 is 0 Å². The SMILES string of the molecule is CC[C@@H](Oc1ccc(F)cc1)C(=O)N(C)Cc1ccc(Cl)cc1. The van der Waals surface area contributed by atoms with Crippen LogP contribution in [0.1, 0.15) is 18.9 Å². The van der Waals surface area contributed by atoms with Gasteiger partial charge in [-0.25, -0.2) is 4.39 Å². The Balaban J connectivity index is 2.00. The minimum Gasteiger partial charge on any atom is -0.481 e. The van der Waals surface area contributed by atoms with Crippen LogP contribution in [0.4, 0.5) is 4.39 Å². The standard InChI is InChI=1S/C18H19ClFNO2/c1-3-17(23-16-10-8-15(20)9-11-16)18(22)21(2)12-13-4-6-14(19)7-5-13/h4-11,17H,3,12H2,1-2H3/t17-/m1/s1. The van der Waals surface area contributed by atoms with Gasteiger partial charge in [0.1, 0.15) is 11.6 Å². The second kappa shape index (κ2) is 7.97. The van der Waals surface area contributed by atoms with E-state index in [1.165, 1.54) is 24.3 Å². The molecule has 0 heterocycles. The Labute approximate surface area is 140 Å². The number of nitrogens with zero attached hydrogens (tertiary/aromatic N) is 1. The van der Waals surface area contributed by atoms with Crippen LogP contribution in [0.2, 0.25) is 5.02 Å². The van der Waals surface area contributed by atoms with Gasteiger partial charge in [0.2, 0.25) is 0 Å². The molecule has 2 aromatic carbocycles. The first-order valence-corrected chi connectivity index (χ1v) is 7.79. The average Bonchev–Trinajstić information content (AvgIpc) is 2.55. The van der Waals surface area contributed by atoms with Crippen LogP contribution >= 0.6 is 11.6 Å². The summed E-state index contributed by atoms with van der Waals surface area (Å²) in [5.41, 5.74) is 0.988. The van der Waals surface area contributed by atoms with Crippen molar-refractivity contribution in [3.63, 3.8) is 0 Å². The van der Waals surface area contributed by atoms with E-state index in [-0.39, 0.29) is 11.7 Å². The van der Waals surface area contributed by atoms with Gasteiger partial charge in [-0.3, -0.25) is 4.79 Å². The Bertz CT molecular complexity index is 643. The smallest absolute Gasteiger partial charge is 0.263 e. The molecule has 0 saturated heterocycles. The van der Waals surface area contributed by atoms with Crippen LogP contribution in [0, 0.1) is 5.82 Å². The molecule has 0 aliphatic heterocycles. The number of benzene rings is 2. The summed E-state index contributed by atoms with van der Waals surface area (Å²) in [6.45, 7) is 2.35. The Hall–Kier alpha value is -2.07. The lowest BCUT2D eigenvalue weighted by Gasteiger charge is -2.24. The van der Waals surface area contributed by atoms with Gasteiger partial charge in [0.25, 0.3) is 5.91 Å². The molecule has 0 fully saturated rings. The molecule has 1 atom stereocenters. The third kappa shape index (κ3) is 4.96. The Morgan fingerprint density at radius 3 is 2.35 bits per heavy atom. The summed E-state index contributed by atoms with van der Waals surface area (Å²) in [4.78, 5) is 14.1. The summed E-state index contributed by atoms with van der Waals surface area (Å²) in [5.74, 6) is 0.0230. The number of carbonyl (C=O) groups excluding carboxylic acids is 1. The van der Waals surface area contributed by atoms with E-state index < -0.39 is 6.10 Å². The highest BCUT2D eigenvalue weighted by Gasteiger charge is 2.22. The molecule has 0 aromatic heterocycles. The first-order chi connectivity index (χ1) is 11.0. The van der Waals surface area contributed by atoms with Crippen LogP contribution in [0.25, 0.3) is 0 Å². The van der Waals surface area contributed by atoms with Crippen molar-refractivity contribution >= 4 is 17.5 Å². The lowest BCUT2D eigenvalue weighted by molar-refractivity contribution is -0.138. The number of hydrogen-bond acceptors (Lipinski definition) is 2. The van der Waals surface area contributed by atoms with Crippen LogP contribution in [-0.4, -0.2) is 24.0 Å². The minimum atomic E-state index is -0.599. The fraction of sp³-hybridized carbons (Fsp3) is 0.278. The topological polar surface area (TPSA) is 29.5 Å². The molecule has 23 heavy (non-hydrogen) atoms. The molecule has 0 N–H and O–H groups in total. The predicted octanol–water partition coefficient (Wildman–Crippen LogP) is 4.30. The highest BCUT2D eigenvalue weighted by molar-refractivity contribution is 6.30. The lowest BCUT2D eigenvalue weighted by atomic mass is 10.2. The number of likely N-dealkylation sites (N-methyl/N-ethyl adjacent to an activating group) is 1. The van der Waals surface area contributed by atoms with E-state index in [2.05, 4.69) is 0 Å². The molecule has 1 amide bonds. The fourth-order valence-corrected chi connectivity index (χ4v) is 2.30. The van der Waals surface area contributed by atoms with Gasteiger partial charge in [-0.1, -0.05) is 30.7 Å². The molecule has 0 radical (unpaired) electrons. The number of amides is 1. The molecular formula is C18H19ClFNO2. The summed E-state index contributed by atoms with van der Waals surface area (Å²) in [6, 6.07) is 13.0. The number of ether oxygens (including phenoxy) is 1. The van der Waals surface area contributed by atoms with Crippen molar-refractivity contribution in [3.05, 3.63) is 64.9 Å². The second-order valence-corrected chi connectivity index (χ2v) is 5.73. The molecule has 0 aliphatic carbocycles. The Morgan fingerprint density at radius 1 is 1.17 bits per heavy atom. The van der Waals surface area contributed by atoms with Gasteiger partial charge in [-0.15, -0.1) is 0 Å². The van der Waals surface area contributed by atoms with Gasteiger partial charge in [0.05, 0.1) is 0 Å². The zero-order valence-corrected chi connectivity index (χ0v) is 13.9. The highest BCUT2D eigenvalue weighted by Crippen LogP contribution is 2.17. The van der Waals surface area contributed by atoms with E-state index in [1.54, 1.807) is 24.1 Å². The summed E-state index contributed by atoms with van der Waals surface area (Å²) < 4.78 is 18.6. The van der Waals surface area contributed by atoms with Crippen molar-refractivity contribution in [1.29, 1.82) is 0 Å². The van der Waals surface area contributed by atoms with Crippen molar-refractivity contribution in [2.45, 2.75) is 26.0 Å². The largest absolute Gasteiger partial charge is 0.481 e. The average molecular weight is 336 g/mol. The maximum absolute atomic E-state index is 12.9. The molecule has 0 unspecified atom stereocenters. The molecule has 0 saturated carbocycles. The first kappa shape index (κ1) is 17.3. The molecule has 2 aromatic rings. The van der Waals surface area contributed by atoms with E-state index in [9.17, 15) is 9.18 Å². The highest BCUT2D eigenvalue weighted by atomic mass is 35.5. The maximum atomic E-state index is 12.9. The van der Waals surface area contributed by atoms with Gasteiger partial charge in [0.15, 0.2) is 6.10 Å². The van der Waals surface area contributed by atoms with Crippen molar-refractivity contribution < 1.29 is 13.9 Å². The normalized spacial score (nSPS) is 11.8. The van der Waals surface area contributed by atoms with Crippen molar-refractivity contribution in [2.24, 2.45) is 0 Å². The molecule has 0 spiro atoms. The van der Waals surface area contributed by atoms with Crippen LogP contribution in [0.15, 0.2) is 48.5 Å². The summed E-state index contributed by atoms with van der Waals surface area (Å²) in [5, 5.41) is 0.661. The summed E-state index contributed by atoms with van der Waals surface area (Å²) in [6.07, 6.45) is -0.0704. The monoisotopic (exact) mass is 335 g/mol. The Kier molecular flexibility index (Phi) is 5.99. The van der Waals surface area contributed by atoms with Gasteiger partial charge in [-0.05, 0) is 48.4 Å². The van der Waals surface area contributed by atoms with E-state index in [1.807, 2.05) is 19.1 Å². The lowest BCUT2D eigenvalue weighted by Crippen LogP contribution is -2.39. The van der Waals surface area contributed by atoms with Crippen LogP contribution in [0.3, 0.4) is 0 Å². The van der Waals surface area contributed by atoms with Crippen molar-refractivity contribution in [1.82, 2.24) is 4.90 Å². The Morgan fingerprint density at radius 2 is 1.78 bits per heavy atom. The predicted molar refractivity (Wildman–Crippen MR) is 89.0 cm³/mol. The van der Waals surface area contributed by atoms with Gasteiger partial charge >= 0.3 is 0 Å². The summed E-state index contributed by atoms with van der Waals surface area (Å²) in [7, 11) is 1.73. The third-order valence-electron chi connectivity index (χ3n) is 3.45. The number of rotatable bonds is 6. The third-order valence-corrected chi connectivity index (χ3v) is 3.70. The van der Waals surface area contributed by atoms with Crippen molar-refractivity contribution in [3.8, 4) is 5.75 Å². The second-order valence-electron chi connectivity index (χ2n) is 5.29. The zero-order valence-electron chi connectivity index (χ0n) is 13.1. The van der Waals surface area contributed by atoms with Crippen LogP contribution in [-0.2, 0) is 11.3 Å². The van der Waals surface area contributed by atoms with Gasteiger partial charge in [-0.2, -0.15) is 0 Å². The quantitative estimate of drug-likeness (QED) is 0.788. The number of hydrogen-bond donors (Lipinski definition) is 0. The minimum absolute atomic E-state index is 0.119. The zero-order chi connectivity index (χ0) is 16.8. The van der Waals surface area contributed by atoms with Crippen molar-refractivity contribution in [2.75, 3.05) is 7.05 Å². The van der Waals surface area contributed by atoms with E-state index in [0.29, 0.717) is 23.7 Å². The molecular weight excluding hydrogens is 317 g/mol.